The van der Waals surface area contributed by atoms with Crippen molar-refractivity contribution in [2.24, 2.45) is 4.99 Å². The van der Waals surface area contributed by atoms with E-state index < -0.39 is 24.4 Å². The van der Waals surface area contributed by atoms with Crippen molar-refractivity contribution in [3.05, 3.63) is 20.2 Å². The highest BCUT2D eigenvalue weighted by Crippen LogP contribution is 2.01. The SMILES string of the molecule is COC(=O)NCCCCCCNC(=O)OC.COC(=O)NCCCCCCNC(=O)OC.N#COCCCCCCN=C=O.O=[N+]([O-])CCCCCC[N+](=O)[O-].[2HH]. The second-order valence-corrected chi connectivity index (χ2v) is 11.4. The molecule has 4 N–H and O–H groups in total. The molecule has 0 aromatic rings. The normalized spacial score (nSPS) is 9.20. The zero-order chi connectivity index (χ0) is 42.9. The number of nitro groups is 2. The maximum atomic E-state index is 10.7. The van der Waals surface area contributed by atoms with E-state index in [1.54, 1.807) is 6.26 Å². The van der Waals surface area contributed by atoms with Crippen molar-refractivity contribution in [3.8, 4) is 6.26 Å². The molecule has 0 saturated carbocycles. The van der Waals surface area contributed by atoms with E-state index in [1.165, 1.54) is 34.5 Å². The Labute approximate surface area is 330 Å². The number of isocyanates is 1. The fraction of sp³-hybridized carbons (Fsp3) is 0.824. The molecule has 0 spiro atoms. The minimum atomic E-state index is -0.396. The first kappa shape index (κ1) is 57.3. The smallest absolute Gasteiger partial charge is 0.406 e. The lowest BCUT2D eigenvalue weighted by atomic mass is 10.2. The van der Waals surface area contributed by atoms with Gasteiger partial charge < -0.3 is 45.0 Å². The highest BCUT2D eigenvalue weighted by molar-refractivity contribution is 5.67. The summed E-state index contributed by atoms with van der Waals surface area (Å²) in [5.41, 5.74) is 0. The van der Waals surface area contributed by atoms with E-state index in [0.29, 0.717) is 65.0 Å². The summed E-state index contributed by atoms with van der Waals surface area (Å²) in [6.45, 7) is 3.48. The fourth-order valence-electron chi connectivity index (χ4n) is 3.90. The number of amides is 4. The molecule has 0 radical (unpaired) electrons. The first-order valence-corrected chi connectivity index (χ1v) is 18.5. The van der Waals surface area contributed by atoms with Gasteiger partial charge in [-0.15, -0.1) is 0 Å². The summed E-state index contributed by atoms with van der Waals surface area (Å²) in [5.74, 6) is 0. The average molecular weight is 812 g/mol. The number of rotatable bonds is 28. The maximum Gasteiger partial charge on any atom is 0.406 e. The summed E-state index contributed by atoms with van der Waals surface area (Å²) in [4.78, 5) is 74.6. The van der Waals surface area contributed by atoms with Gasteiger partial charge >= 0.3 is 24.4 Å². The molecule has 22 heteroatoms. The quantitative estimate of drug-likeness (QED) is 0.0149. The monoisotopic (exact) mass is 811 g/mol. The van der Waals surface area contributed by atoms with E-state index in [9.17, 15) is 44.2 Å². The van der Waals surface area contributed by atoms with Crippen LogP contribution < -0.4 is 21.3 Å². The van der Waals surface area contributed by atoms with Gasteiger partial charge in [-0.1, -0.05) is 32.1 Å². The minimum Gasteiger partial charge on any atom is -0.453 e. The average Bonchev–Trinajstić information content (AvgIpc) is 3.19. The minimum absolute atomic E-state index is 0. The largest absolute Gasteiger partial charge is 0.453 e. The highest BCUT2D eigenvalue weighted by Gasteiger charge is 2.01. The first-order chi connectivity index (χ1) is 26.9. The number of alkyl carbamates (subject to hydrolysis) is 4. The lowest BCUT2D eigenvalue weighted by Crippen LogP contribution is -2.24. The molecule has 0 bridgehead atoms. The number of nitrogens with one attached hydrogen (secondary N) is 4. The Morgan fingerprint density at radius 1 is 0.554 bits per heavy atom. The summed E-state index contributed by atoms with van der Waals surface area (Å²) in [6.07, 6.45) is 15.4. The molecule has 0 saturated heterocycles. The third kappa shape index (κ3) is 60.6. The van der Waals surface area contributed by atoms with E-state index in [0.717, 1.165) is 77.0 Å². The molecule has 0 atom stereocenters. The van der Waals surface area contributed by atoms with E-state index in [-0.39, 0.29) is 24.4 Å². The number of methoxy groups -OCH3 is 4. The van der Waals surface area contributed by atoms with Crippen LogP contribution in [-0.4, -0.2) is 121 Å². The third-order valence-corrected chi connectivity index (χ3v) is 6.85. The van der Waals surface area contributed by atoms with Crippen LogP contribution in [0.4, 0.5) is 19.2 Å². The Kier molecular flexibility index (Phi) is 50.7. The van der Waals surface area contributed by atoms with E-state index in [1.807, 2.05) is 0 Å². The van der Waals surface area contributed by atoms with Crippen LogP contribution in [0.3, 0.4) is 0 Å². The van der Waals surface area contributed by atoms with Crippen LogP contribution in [0.5, 0.6) is 0 Å². The van der Waals surface area contributed by atoms with Gasteiger partial charge in [0, 0.05) is 50.3 Å². The molecule has 0 aliphatic heterocycles. The van der Waals surface area contributed by atoms with Gasteiger partial charge in [-0.25, -0.2) is 29.0 Å². The van der Waals surface area contributed by atoms with Crippen LogP contribution in [0.15, 0.2) is 4.99 Å². The standard InChI is InChI=1S/2C10H20N2O4.C8H12N2O2.C6H12N2O4.H2/c2*1-15-9(13)11-7-5-3-4-6-8-12-10(14)16-2;9-7-12-6-4-2-1-3-5-10-8-11;9-7(10)5-3-1-2-4-6-8(11)12;/h2*3-8H2,1-2H3,(H,11,13)(H,12,14);2*1-6H2;1H/i;;;;1+1. The predicted molar refractivity (Wildman–Crippen MR) is 206 cm³/mol. The highest BCUT2D eigenvalue weighted by atomic mass is 16.6. The number of ether oxygens (including phenoxy) is 5. The third-order valence-electron chi connectivity index (χ3n) is 6.85. The summed E-state index contributed by atoms with van der Waals surface area (Å²) in [5, 5.41) is 38.1. The molecule has 0 heterocycles. The zero-order valence-electron chi connectivity index (χ0n) is 33.5. The topological polar surface area (TPSA) is 302 Å². The molecular formula is C34H66N8O14. The number of unbranched alkanes of at least 4 members (excludes halogenated alkanes) is 12. The Balaban J connectivity index is -0.000000212. The number of aliphatic imine (C=N–C) groups is 1. The van der Waals surface area contributed by atoms with Crippen LogP contribution in [-0.2, 0) is 28.5 Å². The van der Waals surface area contributed by atoms with E-state index >= 15 is 0 Å². The van der Waals surface area contributed by atoms with Gasteiger partial charge in [0.1, 0.15) is 6.61 Å². The summed E-state index contributed by atoms with van der Waals surface area (Å²) < 4.78 is 22.2. The fourth-order valence-corrected chi connectivity index (χ4v) is 3.90. The molecule has 56 heavy (non-hydrogen) atoms. The Bertz CT molecular complexity index is 991. The number of hydrogen-bond acceptors (Lipinski definition) is 16. The number of carbonyl (C=O) groups excluding carboxylic acids is 5. The van der Waals surface area contributed by atoms with Gasteiger partial charge in [0.05, 0.1) is 35.0 Å². The van der Waals surface area contributed by atoms with Crippen molar-refractivity contribution in [3.63, 3.8) is 0 Å². The molecule has 326 valence electrons. The van der Waals surface area contributed by atoms with Crippen LogP contribution in [0, 0.1) is 31.7 Å². The van der Waals surface area contributed by atoms with Gasteiger partial charge in [0.2, 0.25) is 19.2 Å². The molecule has 0 fully saturated rings. The number of nitriles is 1. The predicted octanol–water partition coefficient (Wildman–Crippen LogP) is 5.24. The zero-order valence-corrected chi connectivity index (χ0v) is 33.5. The van der Waals surface area contributed by atoms with Gasteiger partial charge in [0.25, 0.3) is 6.26 Å². The lowest BCUT2D eigenvalue weighted by Gasteiger charge is -2.04. The summed E-state index contributed by atoms with van der Waals surface area (Å²) in [7, 11) is 5.36. The number of hydrogen-bond donors (Lipinski definition) is 4. The molecule has 0 aliphatic carbocycles. The molecular weight excluding hydrogens is 744 g/mol. The molecule has 22 nitrogen and oxygen atoms in total. The van der Waals surface area contributed by atoms with Gasteiger partial charge in [-0.2, -0.15) is 5.26 Å². The molecule has 4 amide bonds. The van der Waals surface area contributed by atoms with Crippen molar-refractivity contribution >= 4 is 30.5 Å². The van der Waals surface area contributed by atoms with Crippen molar-refractivity contribution in [2.75, 3.05) is 80.9 Å². The summed E-state index contributed by atoms with van der Waals surface area (Å²) >= 11 is 0. The second kappa shape index (κ2) is 49.6. The van der Waals surface area contributed by atoms with E-state index in [4.69, 9.17) is 5.26 Å². The van der Waals surface area contributed by atoms with Crippen LogP contribution >= 0.6 is 0 Å². The van der Waals surface area contributed by atoms with Gasteiger partial charge in [-0.3, -0.25) is 20.2 Å². The van der Waals surface area contributed by atoms with Crippen molar-refractivity contribution in [2.45, 2.75) is 103 Å². The molecule has 0 rings (SSSR count). The second-order valence-electron chi connectivity index (χ2n) is 11.4. The van der Waals surface area contributed by atoms with E-state index in [2.05, 4.69) is 49.9 Å². The van der Waals surface area contributed by atoms with Gasteiger partial charge in [-0.05, 0) is 57.8 Å². The van der Waals surface area contributed by atoms with Crippen LogP contribution in [0.1, 0.15) is 104 Å². The maximum absolute atomic E-state index is 10.7. The first-order valence-electron chi connectivity index (χ1n) is 18.5. The Morgan fingerprint density at radius 3 is 1.14 bits per heavy atom. The molecule has 0 aromatic heterocycles. The molecule has 0 aliphatic rings. The Morgan fingerprint density at radius 2 is 0.857 bits per heavy atom. The van der Waals surface area contributed by atoms with Gasteiger partial charge in [0.15, 0.2) is 0 Å². The Hall–Kier alpha value is -5.45. The van der Waals surface area contributed by atoms with Crippen molar-refractivity contribution in [1.82, 2.24) is 21.3 Å². The lowest BCUT2D eigenvalue weighted by molar-refractivity contribution is -0.482. The van der Waals surface area contributed by atoms with Crippen molar-refractivity contribution in [1.29, 1.82) is 5.26 Å². The summed E-state index contributed by atoms with van der Waals surface area (Å²) in [6, 6.07) is 0. The number of nitrogens with zero attached hydrogens (tertiary/aromatic N) is 4. The molecule has 0 unspecified atom stereocenters. The van der Waals surface area contributed by atoms with Crippen molar-refractivity contribution < 1.29 is 58.9 Å². The number of carbonyl (C=O) groups is 4. The van der Waals surface area contributed by atoms with Crippen LogP contribution in [0.25, 0.3) is 0 Å². The molecule has 0 aromatic carbocycles. The van der Waals surface area contributed by atoms with Crippen LogP contribution in [0.2, 0.25) is 0 Å².